The number of thiophene rings is 1. The van der Waals surface area contributed by atoms with Gasteiger partial charge in [0.1, 0.15) is 5.69 Å². The summed E-state index contributed by atoms with van der Waals surface area (Å²) in [5, 5.41) is 22.1. The fourth-order valence-corrected chi connectivity index (χ4v) is 4.55. The maximum Gasteiger partial charge on any atom is 0.323 e. The van der Waals surface area contributed by atoms with Gasteiger partial charge in [0.25, 0.3) is 0 Å². The Morgan fingerprint density at radius 1 is 1.27 bits per heavy atom. The van der Waals surface area contributed by atoms with Gasteiger partial charge in [0.2, 0.25) is 5.52 Å². The Hall–Kier alpha value is -2.72. The minimum Gasteiger partial charge on any atom is -0.364 e. The van der Waals surface area contributed by atoms with Crippen LogP contribution in [0.4, 0.5) is 17.1 Å². The number of hydrogen-bond donors (Lipinski definition) is 0. The minimum atomic E-state index is -0.361. The number of nitro benzene ring substituents is 1. The Bertz CT molecular complexity index is 998. The van der Waals surface area contributed by atoms with Crippen LogP contribution in [-0.2, 0) is 6.54 Å². The monoisotopic (exact) mass is 430 g/mol. The minimum absolute atomic E-state index is 0.0221. The van der Waals surface area contributed by atoms with Crippen LogP contribution in [0, 0.1) is 10.1 Å². The number of nitro groups is 1. The molecule has 2 aromatic heterocycles. The molecular formula is C20H26N6O3S. The van der Waals surface area contributed by atoms with Crippen molar-refractivity contribution in [1.29, 1.82) is 0 Å². The Balaban J connectivity index is 1.82. The molecule has 0 saturated carbocycles. The fraction of sp³-hybridized carbons (Fsp3) is 0.500. The van der Waals surface area contributed by atoms with Gasteiger partial charge < -0.3 is 14.7 Å². The SMILES string of the molecule is CCCCN(Cc1cccs1)c1cc(N2CCN(C)CC2)c([N+](=O)[O-])c2nonc12. The third-order valence-electron chi connectivity index (χ3n) is 5.55. The number of anilines is 2. The third kappa shape index (κ3) is 4.10. The summed E-state index contributed by atoms with van der Waals surface area (Å²) in [7, 11) is 2.06. The van der Waals surface area contributed by atoms with Crippen LogP contribution >= 0.6 is 11.3 Å². The van der Waals surface area contributed by atoms with Crippen LogP contribution in [0.15, 0.2) is 28.2 Å². The molecule has 1 aliphatic heterocycles. The van der Waals surface area contributed by atoms with E-state index in [0.29, 0.717) is 11.2 Å². The van der Waals surface area contributed by atoms with Crippen molar-refractivity contribution in [2.75, 3.05) is 49.6 Å². The summed E-state index contributed by atoms with van der Waals surface area (Å²) in [4.78, 5) is 19.4. The van der Waals surface area contributed by atoms with Crippen LogP contribution in [-0.4, -0.2) is 59.9 Å². The van der Waals surface area contributed by atoms with Crippen molar-refractivity contribution in [3.63, 3.8) is 0 Å². The highest BCUT2D eigenvalue weighted by Gasteiger charge is 2.31. The third-order valence-corrected chi connectivity index (χ3v) is 6.41. The molecule has 9 nitrogen and oxygen atoms in total. The molecule has 0 spiro atoms. The second kappa shape index (κ2) is 8.97. The van der Waals surface area contributed by atoms with Crippen LogP contribution in [0.1, 0.15) is 24.6 Å². The molecule has 0 atom stereocenters. The molecule has 0 N–H and O–H groups in total. The van der Waals surface area contributed by atoms with Crippen molar-refractivity contribution in [1.82, 2.24) is 15.2 Å². The number of benzene rings is 1. The predicted molar refractivity (Wildman–Crippen MR) is 118 cm³/mol. The van der Waals surface area contributed by atoms with E-state index in [1.807, 2.05) is 12.1 Å². The summed E-state index contributed by atoms with van der Waals surface area (Å²) in [6.07, 6.45) is 2.07. The first kappa shape index (κ1) is 20.5. The lowest BCUT2D eigenvalue weighted by molar-refractivity contribution is -0.382. The Morgan fingerprint density at radius 3 is 2.70 bits per heavy atom. The molecule has 0 unspecified atom stereocenters. The Morgan fingerprint density at radius 2 is 2.03 bits per heavy atom. The molecule has 4 rings (SSSR count). The van der Waals surface area contributed by atoms with Gasteiger partial charge in [-0.1, -0.05) is 19.4 Å². The summed E-state index contributed by atoms with van der Waals surface area (Å²) in [6, 6.07) is 6.06. The zero-order valence-electron chi connectivity index (χ0n) is 17.3. The lowest BCUT2D eigenvalue weighted by Crippen LogP contribution is -2.44. The highest BCUT2D eigenvalue weighted by molar-refractivity contribution is 7.09. The average Bonchev–Trinajstić information content (AvgIpc) is 3.42. The number of piperazine rings is 1. The molecule has 0 bridgehead atoms. The number of nitrogens with zero attached hydrogens (tertiary/aromatic N) is 6. The van der Waals surface area contributed by atoms with E-state index in [-0.39, 0.29) is 16.1 Å². The van der Waals surface area contributed by atoms with Crippen molar-refractivity contribution >= 4 is 39.4 Å². The number of fused-ring (bicyclic) bond motifs is 1. The molecule has 0 aliphatic carbocycles. The second-order valence-electron chi connectivity index (χ2n) is 7.63. The molecule has 1 aromatic carbocycles. The summed E-state index contributed by atoms with van der Waals surface area (Å²) >= 11 is 1.70. The lowest BCUT2D eigenvalue weighted by Gasteiger charge is -2.34. The zero-order valence-corrected chi connectivity index (χ0v) is 18.1. The van der Waals surface area contributed by atoms with Crippen molar-refractivity contribution < 1.29 is 9.55 Å². The molecule has 160 valence electrons. The van der Waals surface area contributed by atoms with Gasteiger partial charge in [0.05, 0.1) is 17.2 Å². The number of aromatic nitrogens is 2. The van der Waals surface area contributed by atoms with Gasteiger partial charge in [-0.3, -0.25) is 10.1 Å². The van der Waals surface area contributed by atoms with E-state index in [1.54, 1.807) is 11.3 Å². The highest BCUT2D eigenvalue weighted by atomic mass is 32.1. The number of hydrogen-bond acceptors (Lipinski definition) is 9. The first-order chi connectivity index (χ1) is 14.6. The van der Waals surface area contributed by atoms with Gasteiger partial charge in [-0.05, 0) is 41.3 Å². The smallest absolute Gasteiger partial charge is 0.323 e. The topological polar surface area (TPSA) is 91.8 Å². The van der Waals surface area contributed by atoms with E-state index < -0.39 is 0 Å². The van der Waals surface area contributed by atoms with Crippen LogP contribution in [0.5, 0.6) is 0 Å². The molecule has 3 aromatic rings. The number of rotatable bonds is 8. The summed E-state index contributed by atoms with van der Waals surface area (Å²) < 4.78 is 4.99. The van der Waals surface area contributed by atoms with Crippen molar-refractivity contribution in [3.8, 4) is 0 Å². The molecule has 1 saturated heterocycles. The van der Waals surface area contributed by atoms with Crippen molar-refractivity contribution in [3.05, 3.63) is 38.6 Å². The van der Waals surface area contributed by atoms with E-state index in [4.69, 9.17) is 4.63 Å². The van der Waals surface area contributed by atoms with Crippen LogP contribution in [0.2, 0.25) is 0 Å². The van der Waals surface area contributed by atoms with E-state index in [9.17, 15) is 10.1 Å². The van der Waals surface area contributed by atoms with Gasteiger partial charge in [-0.15, -0.1) is 11.3 Å². The first-order valence-electron chi connectivity index (χ1n) is 10.2. The van der Waals surface area contributed by atoms with Gasteiger partial charge in [0.15, 0.2) is 5.52 Å². The van der Waals surface area contributed by atoms with Crippen molar-refractivity contribution in [2.24, 2.45) is 0 Å². The second-order valence-corrected chi connectivity index (χ2v) is 8.66. The van der Waals surface area contributed by atoms with Gasteiger partial charge >= 0.3 is 5.69 Å². The molecule has 10 heteroatoms. The van der Waals surface area contributed by atoms with E-state index in [1.165, 1.54) is 4.88 Å². The van der Waals surface area contributed by atoms with Gasteiger partial charge in [-0.25, -0.2) is 4.63 Å². The van der Waals surface area contributed by atoms with Crippen LogP contribution < -0.4 is 9.80 Å². The normalized spacial score (nSPS) is 15.1. The lowest BCUT2D eigenvalue weighted by atomic mass is 10.1. The average molecular weight is 431 g/mol. The Kier molecular flexibility index (Phi) is 6.14. The fourth-order valence-electron chi connectivity index (χ4n) is 3.83. The molecule has 0 radical (unpaired) electrons. The molecule has 0 amide bonds. The molecule has 3 heterocycles. The molecular weight excluding hydrogens is 404 g/mol. The number of unbranched alkanes of at least 4 members (excludes halogenated alkanes) is 1. The maximum absolute atomic E-state index is 12.0. The highest BCUT2D eigenvalue weighted by Crippen LogP contribution is 2.41. The van der Waals surface area contributed by atoms with E-state index >= 15 is 0 Å². The zero-order chi connectivity index (χ0) is 21.1. The molecule has 1 aliphatic rings. The van der Waals surface area contributed by atoms with E-state index in [0.717, 1.165) is 57.8 Å². The quantitative estimate of drug-likeness (QED) is 0.394. The molecule has 30 heavy (non-hydrogen) atoms. The predicted octanol–water partition coefficient (Wildman–Crippen LogP) is 3.75. The Labute approximate surface area is 179 Å². The summed E-state index contributed by atoms with van der Waals surface area (Å²) in [5.41, 5.74) is 2.09. The van der Waals surface area contributed by atoms with Crippen LogP contribution in [0.25, 0.3) is 11.0 Å². The van der Waals surface area contributed by atoms with E-state index in [2.05, 4.69) is 50.4 Å². The van der Waals surface area contributed by atoms with Crippen molar-refractivity contribution in [2.45, 2.75) is 26.3 Å². The molecule has 1 fully saturated rings. The number of likely N-dealkylation sites (N-methyl/N-ethyl adjacent to an activating group) is 1. The first-order valence-corrected chi connectivity index (χ1v) is 11.1. The van der Waals surface area contributed by atoms with Gasteiger partial charge in [-0.2, -0.15) is 0 Å². The summed E-state index contributed by atoms with van der Waals surface area (Å²) in [5.74, 6) is 0. The maximum atomic E-state index is 12.0. The van der Waals surface area contributed by atoms with Gasteiger partial charge in [0, 0.05) is 37.6 Å². The largest absolute Gasteiger partial charge is 0.364 e. The summed E-state index contributed by atoms with van der Waals surface area (Å²) in [6.45, 7) is 6.88. The standard InChI is InChI=1S/C20H26N6O3S/c1-3-4-7-25(14-15-6-5-12-30-15)16-13-17(24-10-8-23(2)9-11-24)20(26(27)28)19-18(16)21-29-22-19/h5-6,12-13H,3-4,7-11,14H2,1-2H3. The van der Waals surface area contributed by atoms with Crippen LogP contribution in [0.3, 0.4) is 0 Å².